The van der Waals surface area contributed by atoms with Crippen molar-refractivity contribution in [3.8, 4) is 35.4 Å². The van der Waals surface area contributed by atoms with Crippen molar-refractivity contribution in [2.45, 2.75) is 57.1 Å². The third-order valence-corrected chi connectivity index (χ3v) is 14.2. The third kappa shape index (κ3) is 6.92. The minimum atomic E-state index is -0.998. The summed E-state index contributed by atoms with van der Waals surface area (Å²) < 4.78 is 41.5. The monoisotopic (exact) mass is 883 g/mol. The average Bonchev–Trinajstić information content (AvgIpc) is 3.97. The number of rotatable bonds is 9. The Hall–Kier alpha value is -6.64. The number of aryl methyl sites for hydroxylation is 1. The first kappa shape index (κ1) is 41.1. The summed E-state index contributed by atoms with van der Waals surface area (Å²) in [5, 5.41) is 25.0. The van der Waals surface area contributed by atoms with Crippen LogP contribution in [0.2, 0.25) is 0 Å². The van der Waals surface area contributed by atoms with Crippen LogP contribution in [0.4, 0.5) is 20.3 Å². The second kappa shape index (κ2) is 14.7. The highest BCUT2D eigenvalue weighted by Gasteiger charge is 2.55. The van der Waals surface area contributed by atoms with Gasteiger partial charge >= 0.3 is 11.7 Å². The normalized spacial score (nSPS) is 22.6. The van der Waals surface area contributed by atoms with E-state index in [2.05, 4.69) is 31.0 Å². The number of phenolic OH excluding ortho intramolecular Hbond substituents is 1. The molecule has 334 valence electrons. The number of amides is 2. The third-order valence-electron chi connectivity index (χ3n) is 14.2. The number of hydrogen-bond donors (Lipinski definition) is 3. The van der Waals surface area contributed by atoms with Gasteiger partial charge in [-0.15, -0.1) is 6.42 Å². The highest BCUT2D eigenvalue weighted by atomic mass is 19.1. The Kier molecular flexibility index (Phi) is 9.29. The number of β-amino-alcohol motifs (C(OH)–C–C–N with tert-alkyl or cyclic N) is 1. The van der Waals surface area contributed by atoms with Gasteiger partial charge in [0.25, 0.3) is 0 Å². The van der Waals surface area contributed by atoms with Gasteiger partial charge in [0.1, 0.15) is 34.6 Å². The summed E-state index contributed by atoms with van der Waals surface area (Å²) in [6.45, 7) is 7.34. The number of imide groups is 1. The molecule has 2 atom stereocenters. The first-order valence-electron chi connectivity index (χ1n) is 22.0. The molecule has 1 saturated carbocycles. The number of pyridine rings is 1. The van der Waals surface area contributed by atoms with Crippen molar-refractivity contribution >= 4 is 56.0 Å². The number of hydrogen-bond acceptors (Lipinski definition) is 12. The predicted octanol–water partition coefficient (Wildman–Crippen LogP) is 4.77. The molecule has 1 spiro atoms. The molecule has 15 nitrogen and oxygen atoms in total. The smallest absolute Gasteiger partial charge is 0.329 e. The number of ether oxygens (including phenoxy) is 1. The summed E-state index contributed by atoms with van der Waals surface area (Å²) in [4.78, 5) is 58.3. The van der Waals surface area contributed by atoms with Crippen LogP contribution in [0.15, 0.2) is 53.5 Å². The molecule has 4 saturated heterocycles. The van der Waals surface area contributed by atoms with E-state index in [9.17, 15) is 29.0 Å². The van der Waals surface area contributed by atoms with Crippen LogP contribution in [-0.2, 0) is 16.6 Å². The van der Waals surface area contributed by atoms with E-state index in [1.54, 1.807) is 18.5 Å². The van der Waals surface area contributed by atoms with E-state index in [1.807, 2.05) is 23.1 Å². The highest BCUT2D eigenvalue weighted by molar-refractivity contribution is 6.03. The molecule has 65 heavy (non-hydrogen) atoms. The van der Waals surface area contributed by atoms with E-state index in [-0.39, 0.29) is 81.3 Å². The first-order chi connectivity index (χ1) is 31.1. The minimum absolute atomic E-state index is 0.00667. The number of carbonyl (C=O) groups is 2. The van der Waals surface area contributed by atoms with Crippen LogP contribution in [-0.4, -0.2) is 109 Å². The fourth-order valence-electron chi connectivity index (χ4n) is 10.8. The van der Waals surface area contributed by atoms with Crippen molar-refractivity contribution in [1.82, 2.24) is 34.3 Å². The van der Waals surface area contributed by atoms with Gasteiger partial charge in [0.15, 0.2) is 5.82 Å². The predicted molar refractivity (Wildman–Crippen MR) is 239 cm³/mol. The molecule has 2 amide bonds. The van der Waals surface area contributed by atoms with Crippen LogP contribution in [0.3, 0.4) is 0 Å². The molecule has 1 unspecified atom stereocenters. The van der Waals surface area contributed by atoms with Crippen LogP contribution in [0, 0.1) is 34.8 Å². The van der Waals surface area contributed by atoms with Gasteiger partial charge in [-0.25, -0.2) is 13.6 Å². The lowest BCUT2D eigenvalue weighted by Crippen LogP contribution is -2.72. The molecule has 7 heterocycles. The summed E-state index contributed by atoms with van der Waals surface area (Å²) >= 11 is 0. The van der Waals surface area contributed by atoms with Gasteiger partial charge in [-0.2, -0.15) is 9.97 Å². The number of benzene rings is 3. The highest BCUT2D eigenvalue weighted by Crippen LogP contribution is 2.51. The molecule has 5 fully saturated rings. The summed E-state index contributed by atoms with van der Waals surface area (Å²) in [6, 6.07) is 10.6. The number of carbonyl (C=O) groups excluding carboxylic acids is 2. The topological polar surface area (TPSA) is 171 Å². The Morgan fingerprint density at radius 3 is 2.52 bits per heavy atom. The van der Waals surface area contributed by atoms with Gasteiger partial charge in [-0.05, 0) is 80.8 Å². The second-order valence-electron chi connectivity index (χ2n) is 19.3. The van der Waals surface area contributed by atoms with Crippen LogP contribution in [0.1, 0.15) is 57.1 Å². The Labute approximate surface area is 371 Å². The van der Waals surface area contributed by atoms with Crippen LogP contribution < -0.4 is 25.5 Å². The van der Waals surface area contributed by atoms with E-state index >= 15 is 4.39 Å². The number of likely N-dealkylation sites (tertiary alicyclic amines) is 1. The van der Waals surface area contributed by atoms with Gasteiger partial charge < -0.3 is 29.6 Å². The molecule has 4 aliphatic heterocycles. The number of terminal acetylenes is 1. The molecule has 3 aromatic heterocycles. The van der Waals surface area contributed by atoms with Gasteiger partial charge in [0, 0.05) is 92.9 Å². The number of phenols is 1. The maximum atomic E-state index is 17.0. The number of nitrogens with zero attached hydrogens (tertiary/aromatic N) is 8. The largest absolute Gasteiger partial charge is 0.508 e. The summed E-state index contributed by atoms with van der Waals surface area (Å²) in [6.07, 6.45) is 10.9. The zero-order valence-corrected chi connectivity index (χ0v) is 36.0. The van der Waals surface area contributed by atoms with Crippen molar-refractivity contribution in [3.05, 3.63) is 76.3 Å². The van der Waals surface area contributed by atoms with Crippen LogP contribution in [0.25, 0.3) is 44.0 Å². The van der Waals surface area contributed by atoms with Crippen LogP contribution >= 0.6 is 0 Å². The molecule has 0 radical (unpaired) electrons. The van der Waals surface area contributed by atoms with Crippen molar-refractivity contribution in [1.29, 1.82) is 0 Å². The fraction of sp³-hybridized carbons (Fsp3) is 0.417. The number of fused-ring (bicyclic) bond motifs is 3. The maximum Gasteiger partial charge on any atom is 0.329 e. The molecule has 3 N–H and O–H groups in total. The van der Waals surface area contributed by atoms with Crippen molar-refractivity contribution in [2.24, 2.45) is 17.9 Å². The zero-order valence-electron chi connectivity index (χ0n) is 36.0. The average molecular weight is 884 g/mol. The van der Waals surface area contributed by atoms with E-state index in [4.69, 9.17) is 16.1 Å². The number of nitrogens with one attached hydrogen (secondary N) is 1. The lowest BCUT2D eigenvalue weighted by atomic mass is 9.72. The Morgan fingerprint density at radius 1 is 0.985 bits per heavy atom. The number of aliphatic hydroxyl groups is 1. The van der Waals surface area contributed by atoms with Gasteiger partial charge in [0.05, 0.1) is 34.2 Å². The molecule has 3 aromatic carbocycles. The number of aromatic nitrogens is 5. The lowest BCUT2D eigenvalue weighted by Gasteiger charge is -2.61. The molecule has 11 rings (SSSR count). The van der Waals surface area contributed by atoms with Crippen LogP contribution in [0.5, 0.6) is 11.8 Å². The van der Waals surface area contributed by atoms with Gasteiger partial charge in [-0.1, -0.05) is 12.0 Å². The van der Waals surface area contributed by atoms with Crippen molar-refractivity contribution in [2.75, 3.05) is 62.2 Å². The number of anilines is 2. The molecule has 1 aliphatic carbocycles. The molecule has 0 bridgehead atoms. The van der Waals surface area contributed by atoms with Gasteiger partial charge in [0.2, 0.25) is 11.8 Å². The van der Waals surface area contributed by atoms with Crippen molar-refractivity contribution in [3.63, 3.8) is 0 Å². The number of piperidine rings is 2. The number of halogens is 2. The second-order valence-corrected chi connectivity index (χ2v) is 19.3. The van der Waals surface area contributed by atoms with Crippen molar-refractivity contribution < 1.29 is 33.3 Å². The SMILES string of the molecule is C#Cc1c(F)ccc2cc(O)cc(-c3ncc4c(N5CCC[C@@](C)(O)C5)nc(OCC5(CN6CC7(C6)CN(c6ccc8c(c6)n(C)c(=O)n8C6CCC(=O)NC6=O)C7)CC5)nc4c3F)c12. The zero-order chi connectivity index (χ0) is 45.2. The Morgan fingerprint density at radius 2 is 1.78 bits per heavy atom. The standard InChI is InChI=1S/C48H47F2N9O6/c1-4-30-33(49)8-6-27-16-29(60)18-31(38(27)30)40-39(50)41-32(19-51-40)42(57-15-5-12-46(2,64)20-57)54-44(53-41)65-26-47(13-14-47)21-56-22-48(23-56)24-58(25-48)28-7-9-34-36(17-28)55(3)45(63)59(34)35-10-11-37(61)52-43(35)62/h1,6-9,16-19,35,60,64H,5,10-15,20-26H2,2-3H3,(H,52,61,62)/t35?,46-/m1/s1. The number of imidazole rings is 1. The molecular weight excluding hydrogens is 837 g/mol. The van der Waals surface area contributed by atoms with E-state index < -0.39 is 29.2 Å². The lowest BCUT2D eigenvalue weighted by molar-refractivity contribution is -0.135. The Balaban J connectivity index is 0.807. The van der Waals surface area contributed by atoms with E-state index in [0.717, 1.165) is 56.8 Å². The fourth-order valence-corrected chi connectivity index (χ4v) is 10.8. The summed E-state index contributed by atoms with van der Waals surface area (Å²) in [5.41, 5.74) is 0.944. The molecule has 5 aliphatic rings. The summed E-state index contributed by atoms with van der Waals surface area (Å²) in [5.74, 6) is 0.341. The van der Waals surface area contributed by atoms with E-state index in [1.165, 1.54) is 35.0 Å². The summed E-state index contributed by atoms with van der Waals surface area (Å²) in [7, 11) is 1.70. The van der Waals surface area contributed by atoms with E-state index in [0.29, 0.717) is 48.1 Å². The quantitative estimate of drug-likeness (QED) is 0.135. The van der Waals surface area contributed by atoms with Gasteiger partial charge in [-0.3, -0.25) is 29.0 Å². The molecule has 17 heteroatoms. The first-order valence-corrected chi connectivity index (χ1v) is 22.0. The molecule has 6 aromatic rings. The Bertz CT molecular complexity index is 3120. The molecular formula is C48H47F2N9O6. The number of aromatic hydroxyl groups is 1. The maximum absolute atomic E-state index is 17.0. The minimum Gasteiger partial charge on any atom is -0.508 e.